The summed E-state index contributed by atoms with van der Waals surface area (Å²) in [4.78, 5) is 8.48. The Morgan fingerprint density at radius 1 is 1.16 bits per heavy atom. The second-order valence-corrected chi connectivity index (χ2v) is 9.53. The lowest BCUT2D eigenvalue weighted by Crippen LogP contribution is -2.15. The Kier molecular flexibility index (Phi) is 5.94. The molecule has 4 rings (SSSR count). The summed E-state index contributed by atoms with van der Waals surface area (Å²) >= 11 is 6.31. The lowest BCUT2D eigenvalue weighted by molar-refractivity contribution is 0.410. The van der Waals surface area contributed by atoms with Crippen LogP contribution in [0.3, 0.4) is 0 Å². The number of rotatable bonds is 7. The average Bonchev–Trinajstić information content (AvgIpc) is 3.13. The molecule has 2 heterocycles. The zero-order valence-electron chi connectivity index (χ0n) is 16.6. The van der Waals surface area contributed by atoms with E-state index in [0.717, 1.165) is 18.4 Å². The molecule has 0 fully saturated rings. The van der Waals surface area contributed by atoms with Gasteiger partial charge in [0.05, 0.1) is 16.2 Å². The standard InChI is InChI=1S/C20H16ClF2N5O3S/c1-32(29,30)9-8-24-18-16-17(12-4-2-3-5-13(12)21)27-28-19(16)26-20(25-18)31-15-7-6-11(22)10-14(15)23/h2-7,10H,8-9H2,1H3,(H2,24,25,26,27,28). The predicted octanol–water partition coefficient (Wildman–Crippen LogP) is 4.20. The van der Waals surface area contributed by atoms with Crippen molar-refractivity contribution in [2.75, 3.05) is 23.9 Å². The Morgan fingerprint density at radius 3 is 2.66 bits per heavy atom. The molecule has 4 aromatic rings. The first-order chi connectivity index (χ1) is 15.2. The minimum atomic E-state index is -3.24. The smallest absolute Gasteiger partial charge is 0.326 e. The number of ether oxygens (including phenoxy) is 1. The lowest BCUT2D eigenvalue weighted by Gasteiger charge is -2.10. The highest BCUT2D eigenvalue weighted by molar-refractivity contribution is 7.90. The normalized spacial score (nSPS) is 11.6. The molecule has 0 atom stereocenters. The number of hydrogen-bond acceptors (Lipinski definition) is 7. The summed E-state index contributed by atoms with van der Waals surface area (Å²) in [6, 6.07) is 9.58. The number of H-pyrrole nitrogens is 1. The van der Waals surface area contributed by atoms with Crippen molar-refractivity contribution in [2.24, 2.45) is 0 Å². The summed E-state index contributed by atoms with van der Waals surface area (Å²) in [5.74, 6) is -1.91. The van der Waals surface area contributed by atoms with Crippen LogP contribution in [0.1, 0.15) is 0 Å². The van der Waals surface area contributed by atoms with Crippen LogP contribution >= 0.6 is 11.6 Å². The summed E-state index contributed by atoms with van der Waals surface area (Å²) in [7, 11) is -3.24. The molecular formula is C20H16ClF2N5O3S. The lowest BCUT2D eigenvalue weighted by atomic mass is 10.1. The fourth-order valence-electron chi connectivity index (χ4n) is 2.94. The van der Waals surface area contributed by atoms with E-state index in [4.69, 9.17) is 16.3 Å². The van der Waals surface area contributed by atoms with Crippen LogP contribution in [0, 0.1) is 11.6 Å². The van der Waals surface area contributed by atoms with E-state index in [0.29, 0.717) is 27.7 Å². The third-order valence-corrected chi connectivity index (χ3v) is 5.66. The number of hydrogen-bond donors (Lipinski definition) is 2. The maximum absolute atomic E-state index is 14.0. The maximum atomic E-state index is 14.0. The van der Waals surface area contributed by atoms with Gasteiger partial charge in [0, 0.05) is 24.4 Å². The molecule has 2 aromatic carbocycles. The van der Waals surface area contributed by atoms with Crippen LogP contribution in [-0.2, 0) is 9.84 Å². The van der Waals surface area contributed by atoms with Crippen molar-refractivity contribution in [1.82, 2.24) is 20.2 Å². The van der Waals surface area contributed by atoms with E-state index < -0.39 is 21.5 Å². The van der Waals surface area contributed by atoms with Crippen LogP contribution in [0.15, 0.2) is 42.5 Å². The second kappa shape index (κ2) is 8.67. The van der Waals surface area contributed by atoms with Crippen molar-refractivity contribution in [3.8, 4) is 23.0 Å². The quantitative estimate of drug-likeness (QED) is 0.408. The highest BCUT2D eigenvalue weighted by Crippen LogP contribution is 2.35. The Balaban J connectivity index is 1.79. The molecule has 0 bridgehead atoms. The van der Waals surface area contributed by atoms with Gasteiger partial charge in [-0.3, -0.25) is 5.10 Å². The van der Waals surface area contributed by atoms with Crippen molar-refractivity contribution in [3.63, 3.8) is 0 Å². The summed E-state index contributed by atoms with van der Waals surface area (Å²) in [5.41, 5.74) is 1.29. The van der Waals surface area contributed by atoms with E-state index >= 15 is 0 Å². The van der Waals surface area contributed by atoms with Gasteiger partial charge in [-0.25, -0.2) is 17.2 Å². The molecule has 0 aliphatic heterocycles. The van der Waals surface area contributed by atoms with Crippen molar-refractivity contribution in [3.05, 3.63) is 59.1 Å². The molecule has 0 spiro atoms. The number of aromatic amines is 1. The highest BCUT2D eigenvalue weighted by Gasteiger charge is 2.20. The minimum Gasteiger partial charge on any atom is -0.421 e. The molecule has 0 saturated carbocycles. The molecule has 2 N–H and O–H groups in total. The van der Waals surface area contributed by atoms with E-state index in [1.165, 1.54) is 0 Å². The Bertz CT molecular complexity index is 1410. The van der Waals surface area contributed by atoms with Gasteiger partial charge >= 0.3 is 6.01 Å². The van der Waals surface area contributed by atoms with Gasteiger partial charge in [0.25, 0.3) is 0 Å². The number of nitrogens with one attached hydrogen (secondary N) is 2. The molecular weight excluding hydrogens is 464 g/mol. The molecule has 12 heteroatoms. The first kappa shape index (κ1) is 21.9. The van der Waals surface area contributed by atoms with E-state index in [9.17, 15) is 17.2 Å². The van der Waals surface area contributed by atoms with Crippen molar-refractivity contribution in [1.29, 1.82) is 0 Å². The van der Waals surface area contributed by atoms with Gasteiger partial charge in [0.1, 0.15) is 27.2 Å². The third-order valence-electron chi connectivity index (χ3n) is 4.39. The van der Waals surface area contributed by atoms with Crippen LogP contribution in [-0.4, -0.2) is 47.1 Å². The number of aromatic nitrogens is 4. The summed E-state index contributed by atoms with van der Waals surface area (Å²) in [6.07, 6.45) is 1.11. The first-order valence-corrected chi connectivity index (χ1v) is 11.7. The van der Waals surface area contributed by atoms with Gasteiger partial charge in [0.2, 0.25) is 0 Å². The monoisotopic (exact) mass is 479 g/mol. The number of sulfone groups is 1. The van der Waals surface area contributed by atoms with Gasteiger partial charge in [-0.05, 0) is 18.2 Å². The number of halogens is 3. The average molecular weight is 480 g/mol. The summed E-state index contributed by atoms with van der Waals surface area (Å²) in [5, 5.41) is 10.9. The third kappa shape index (κ3) is 4.78. The number of benzene rings is 2. The second-order valence-electron chi connectivity index (χ2n) is 6.86. The Morgan fingerprint density at radius 2 is 1.94 bits per heavy atom. The van der Waals surface area contributed by atoms with Crippen LogP contribution < -0.4 is 10.1 Å². The van der Waals surface area contributed by atoms with E-state index in [-0.39, 0.29) is 35.5 Å². The fraction of sp³-hybridized carbons (Fsp3) is 0.150. The van der Waals surface area contributed by atoms with E-state index in [1.807, 2.05) is 0 Å². The van der Waals surface area contributed by atoms with E-state index in [2.05, 4.69) is 25.5 Å². The number of fused-ring (bicyclic) bond motifs is 1. The minimum absolute atomic E-state index is 0.0441. The van der Waals surface area contributed by atoms with Crippen LogP contribution in [0.25, 0.3) is 22.3 Å². The highest BCUT2D eigenvalue weighted by atomic mass is 35.5. The van der Waals surface area contributed by atoms with Gasteiger partial charge in [-0.1, -0.05) is 29.8 Å². The maximum Gasteiger partial charge on any atom is 0.326 e. The molecule has 0 aliphatic rings. The predicted molar refractivity (Wildman–Crippen MR) is 117 cm³/mol. The molecule has 166 valence electrons. The van der Waals surface area contributed by atoms with Crippen LogP contribution in [0.2, 0.25) is 5.02 Å². The largest absolute Gasteiger partial charge is 0.421 e. The summed E-state index contributed by atoms with van der Waals surface area (Å²) < 4.78 is 55.7. The molecule has 0 amide bonds. The first-order valence-electron chi connectivity index (χ1n) is 9.27. The molecule has 0 radical (unpaired) electrons. The molecule has 0 aliphatic carbocycles. The Hall–Kier alpha value is -3.31. The molecule has 32 heavy (non-hydrogen) atoms. The zero-order valence-corrected chi connectivity index (χ0v) is 18.1. The molecule has 8 nitrogen and oxygen atoms in total. The van der Waals surface area contributed by atoms with Gasteiger partial charge in [-0.2, -0.15) is 15.1 Å². The summed E-state index contributed by atoms with van der Waals surface area (Å²) in [6.45, 7) is 0.0441. The molecule has 0 saturated heterocycles. The van der Waals surface area contributed by atoms with Crippen molar-refractivity contribution in [2.45, 2.75) is 0 Å². The van der Waals surface area contributed by atoms with Crippen molar-refractivity contribution >= 4 is 38.3 Å². The van der Waals surface area contributed by atoms with E-state index in [1.54, 1.807) is 24.3 Å². The van der Waals surface area contributed by atoms with Crippen molar-refractivity contribution < 1.29 is 21.9 Å². The fourth-order valence-corrected chi connectivity index (χ4v) is 3.64. The van der Waals surface area contributed by atoms with Gasteiger partial charge in [0.15, 0.2) is 17.2 Å². The Labute approximate surface area is 186 Å². The number of nitrogens with zero attached hydrogens (tertiary/aromatic N) is 3. The van der Waals surface area contributed by atoms with Crippen LogP contribution in [0.4, 0.5) is 14.6 Å². The van der Waals surface area contributed by atoms with Gasteiger partial charge < -0.3 is 10.1 Å². The molecule has 0 unspecified atom stereocenters. The topological polar surface area (TPSA) is 110 Å². The zero-order chi connectivity index (χ0) is 22.9. The number of anilines is 1. The van der Waals surface area contributed by atoms with Crippen LogP contribution in [0.5, 0.6) is 11.8 Å². The molecule has 2 aromatic heterocycles. The van der Waals surface area contributed by atoms with Gasteiger partial charge in [-0.15, -0.1) is 0 Å². The SMILES string of the molecule is CS(=O)(=O)CCNc1nc(Oc2ccc(F)cc2F)nc2[nH]nc(-c3ccccc3Cl)c12.